The first-order valence-electron chi connectivity index (χ1n) is 10.5. The van der Waals surface area contributed by atoms with Crippen molar-refractivity contribution in [2.24, 2.45) is 23.7 Å². The normalized spacial score (nSPS) is 32.1. The van der Waals surface area contributed by atoms with Crippen molar-refractivity contribution in [2.45, 2.75) is 48.7 Å². The van der Waals surface area contributed by atoms with E-state index >= 15 is 0 Å². The Balaban J connectivity index is 1.21. The van der Waals surface area contributed by atoms with Crippen LogP contribution in [0.2, 0.25) is 0 Å². The number of benzene rings is 1. The van der Waals surface area contributed by atoms with E-state index in [0.717, 1.165) is 41.4 Å². The van der Waals surface area contributed by atoms with Gasteiger partial charge in [-0.2, -0.15) is 0 Å². The number of imide groups is 1. The van der Waals surface area contributed by atoms with Crippen molar-refractivity contribution in [3.63, 3.8) is 0 Å². The van der Waals surface area contributed by atoms with Crippen LogP contribution in [0.5, 0.6) is 0 Å². The monoisotopic (exact) mass is 602 g/mol. The molecule has 2 aliphatic carbocycles. The summed E-state index contributed by atoms with van der Waals surface area (Å²) in [6.45, 7) is 2.43. The fourth-order valence-electron chi connectivity index (χ4n) is 5.34. The van der Waals surface area contributed by atoms with Crippen molar-refractivity contribution < 1.29 is 14.4 Å². The van der Waals surface area contributed by atoms with Crippen molar-refractivity contribution in [2.75, 3.05) is 11.9 Å². The van der Waals surface area contributed by atoms with E-state index in [4.69, 9.17) is 0 Å². The van der Waals surface area contributed by atoms with Gasteiger partial charge in [0.2, 0.25) is 17.7 Å². The van der Waals surface area contributed by atoms with Crippen molar-refractivity contribution in [3.05, 3.63) is 28.2 Å². The van der Waals surface area contributed by atoms with Gasteiger partial charge in [0.25, 0.3) is 0 Å². The molecule has 0 spiro atoms. The fraction of sp³-hybridized carbons (Fsp3) is 0.591. The van der Waals surface area contributed by atoms with Gasteiger partial charge in [-0.15, -0.1) is 0 Å². The molecule has 0 radical (unpaired) electrons. The number of fused-ring (bicyclic) bond motifs is 5. The number of unbranched alkanes of at least 4 members (excludes halogenated alkanes) is 2. The first kappa shape index (κ1) is 22.5. The van der Waals surface area contributed by atoms with Gasteiger partial charge >= 0.3 is 0 Å². The molecule has 3 aliphatic rings. The van der Waals surface area contributed by atoms with Crippen molar-refractivity contribution in [1.29, 1.82) is 0 Å². The number of carbonyl (C=O) groups is 3. The van der Waals surface area contributed by atoms with Crippen LogP contribution in [0.15, 0.2) is 22.7 Å². The summed E-state index contributed by atoms with van der Waals surface area (Å²) in [4.78, 5) is 40.0. The maximum atomic E-state index is 12.9. The summed E-state index contributed by atoms with van der Waals surface area (Å²) in [7, 11) is 0. The Labute approximate surface area is 202 Å². The number of likely N-dealkylation sites (tertiary alicyclic amines) is 1. The van der Waals surface area contributed by atoms with E-state index in [2.05, 4.69) is 53.1 Å². The molecule has 3 amide bonds. The minimum atomic E-state index is -0.138. The van der Waals surface area contributed by atoms with E-state index in [1.165, 1.54) is 4.90 Å². The Morgan fingerprint density at radius 3 is 2.30 bits per heavy atom. The highest BCUT2D eigenvalue weighted by molar-refractivity contribution is 9.12. The zero-order valence-corrected chi connectivity index (χ0v) is 21.5. The Hall–Kier alpha value is -0.730. The van der Waals surface area contributed by atoms with Gasteiger partial charge in [-0.25, -0.2) is 0 Å². The van der Waals surface area contributed by atoms with Gasteiger partial charge in [0, 0.05) is 32.8 Å². The summed E-state index contributed by atoms with van der Waals surface area (Å²) in [5.74, 6) is 0.274. The molecule has 1 saturated heterocycles. The molecule has 1 heterocycles. The van der Waals surface area contributed by atoms with Crippen LogP contribution in [0.3, 0.4) is 0 Å². The molecular formula is C22H25Br3N2O3. The van der Waals surface area contributed by atoms with Gasteiger partial charge in [-0.1, -0.05) is 54.2 Å². The molecule has 162 valence electrons. The van der Waals surface area contributed by atoms with Gasteiger partial charge in [0.1, 0.15) is 0 Å². The van der Waals surface area contributed by atoms with E-state index in [9.17, 15) is 14.4 Å². The smallest absolute Gasteiger partial charge is 0.233 e. The number of anilines is 1. The minimum Gasteiger partial charge on any atom is -0.326 e. The van der Waals surface area contributed by atoms with Crippen LogP contribution >= 0.6 is 47.8 Å². The third-order valence-electron chi connectivity index (χ3n) is 6.83. The number of alkyl halides is 2. The lowest BCUT2D eigenvalue weighted by atomic mass is 9.81. The molecule has 0 unspecified atom stereocenters. The Kier molecular flexibility index (Phi) is 6.76. The van der Waals surface area contributed by atoms with Crippen molar-refractivity contribution in [1.82, 2.24) is 4.90 Å². The zero-order valence-electron chi connectivity index (χ0n) is 16.7. The maximum Gasteiger partial charge on any atom is 0.233 e. The molecular weight excluding hydrogens is 580 g/mol. The van der Waals surface area contributed by atoms with Gasteiger partial charge < -0.3 is 5.32 Å². The largest absolute Gasteiger partial charge is 0.326 e. The van der Waals surface area contributed by atoms with E-state index < -0.39 is 0 Å². The molecule has 6 atom stereocenters. The quantitative estimate of drug-likeness (QED) is 0.270. The second kappa shape index (κ2) is 9.02. The standard InChI is InChI=1S/C22H25Br3N2O3/c1-11-9-12(23)6-7-15(11)26-16(28)5-3-2-4-8-27-21(29)17-13-10-14(18(17)22(27)30)20(25)19(13)24/h6-7,9,13-14,17-20H,2-5,8,10H2,1H3,(H,26,28)/t13-,14+,17-,18-,19-,20+/m0/s1. The number of nitrogens with one attached hydrogen (secondary N) is 1. The van der Waals surface area contributed by atoms with Gasteiger partial charge in [-0.05, 0) is 61.8 Å². The number of aryl methyl sites for hydroxylation is 1. The molecule has 4 rings (SSSR count). The Bertz CT molecular complexity index is 845. The summed E-state index contributed by atoms with van der Waals surface area (Å²) in [6, 6.07) is 5.77. The molecule has 30 heavy (non-hydrogen) atoms. The van der Waals surface area contributed by atoms with E-state index in [1.54, 1.807) is 0 Å². The predicted molar refractivity (Wildman–Crippen MR) is 127 cm³/mol. The van der Waals surface area contributed by atoms with Crippen molar-refractivity contribution >= 4 is 71.2 Å². The van der Waals surface area contributed by atoms with Gasteiger partial charge in [0.15, 0.2) is 0 Å². The number of rotatable bonds is 7. The van der Waals surface area contributed by atoms with Crippen LogP contribution in [0.25, 0.3) is 0 Å². The molecule has 2 saturated carbocycles. The molecule has 5 nitrogen and oxygen atoms in total. The van der Waals surface area contributed by atoms with E-state index in [1.807, 2.05) is 25.1 Å². The number of carbonyl (C=O) groups excluding carboxylic acids is 3. The number of nitrogens with zero attached hydrogens (tertiary/aromatic N) is 1. The lowest BCUT2D eigenvalue weighted by Gasteiger charge is -2.28. The summed E-state index contributed by atoms with van der Waals surface area (Å²) in [6.07, 6.45) is 3.69. The lowest BCUT2D eigenvalue weighted by Crippen LogP contribution is -2.37. The van der Waals surface area contributed by atoms with Crippen LogP contribution in [0, 0.1) is 30.6 Å². The van der Waals surface area contributed by atoms with Crippen LogP contribution in [-0.4, -0.2) is 38.8 Å². The third-order valence-corrected chi connectivity index (χ3v) is 10.5. The van der Waals surface area contributed by atoms with E-state index in [-0.39, 0.29) is 51.0 Å². The predicted octanol–water partition coefficient (Wildman–Crippen LogP) is 5.03. The number of halogens is 3. The summed E-state index contributed by atoms with van der Waals surface area (Å²) in [5.41, 5.74) is 1.84. The lowest BCUT2D eigenvalue weighted by molar-refractivity contribution is -0.140. The average molecular weight is 605 g/mol. The fourth-order valence-corrected chi connectivity index (χ4v) is 7.69. The highest BCUT2D eigenvalue weighted by atomic mass is 79.9. The number of amides is 3. The summed E-state index contributed by atoms with van der Waals surface area (Å²) >= 11 is 10.8. The van der Waals surface area contributed by atoms with E-state index in [0.29, 0.717) is 13.0 Å². The molecule has 1 N–H and O–H groups in total. The SMILES string of the molecule is Cc1cc(Br)ccc1NC(=O)CCCCCN1C(=O)[C@H]2[C@@H]3C[C@@H]([C@@H](Br)[C@H]3Br)[C@@H]2C1=O. The second-order valence-electron chi connectivity index (χ2n) is 8.65. The number of hydrogen-bond acceptors (Lipinski definition) is 3. The summed E-state index contributed by atoms with van der Waals surface area (Å²) in [5, 5.41) is 2.95. The number of hydrogen-bond donors (Lipinski definition) is 1. The van der Waals surface area contributed by atoms with Gasteiger partial charge in [-0.3, -0.25) is 19.3 Å². The molecule has 0 aromatic heterocycles. The third kappa shape index (κ3) is 4.04. The first-order valence-corrected chi connectivity index (χ1v) is 13.1. The highest BCUT2D eigenvalue weighted by Gasteiger charge is 2.66. The minimum absolute atomic E-state index is 0.00780. The molecule has 3 fully saturated rings. The Morgan fingerprint density at radius 2 is 1.70 bits per heavy atom. The van der Waals surface area contributed by atoms with Crippen LogP contribution in [0.4, 0.5) is 5.69 Å². The molecule has 1 aromatic rings. The molecule has 1 aromatic carbocycles. The van der Waals surface area contributed by atoms with Crippen LogP contribution in [0.1, 0.15) is 37.7 Å². The average Bonchev–Trinajstić information content (AvgIpc) is 3.30. The second-order valence-corrected chi connectivity index (χ2v) is 11.7. The molecule has 8 heteroatoms. The molecule has 1 aliphatic heterocycles. The first-order chi connectivity index (χ1) is 14.3. The summed E-state index contributed by atoms with van der Waals surface area (Å²) < 4.78 is 0.986. The Morgan fingerprint density at radius 1 is 1.07 bits per heavy atom. The van der Waals surface area contributed by atoms with Gasteiger partial charge in [0.05, 0.1) is 11.8 Å². The van der Waals surface area contributed by atoms with Crippen LogP contribution in [-0.2, 0) is 14.4 Å². The molecule has 2 bridgehead atoms. The van der Waals surface area contributed by atoms with Crippen molar-refractivity contribution in [3.8, 4) is 0 Å². The maximum absolute atomic E-state index is 12.9. The topological polar surface area (TPSA) is 66.5 Å². The highest BCUT2D eigenvalue weighted by Crippen LogP contribution is 2.60. The zero-order chi connectivity index (χ0) is 21.6. The van der Waals surface area contributed by atoms with Crippen LogP contribution < -0.4 is 5.32 Å².